The zero-order valence-electron chi connectivity index (χ0n) is 25.2. The van der Waals surface area contributed by atoms with Gasteiger partial charge in [0.25, 0.3) is 0 Å². The number of hydrogen-bond acceptors (Lipinski definition) is 3. The summed E-state index contributed by atoms with van der Waals surface area (Å²) in [6, 6.07) is 5.56. The van der Waals surface area contributed by atoms with Crippen molar-refractivity contribution in [2.75, 3.05) is 17.9 Å². The summed E-state index contributed by atoms with van der Waals surface area (Å²) in [6.07, 6.45) is -7.33. The van der Waals surface area contributed by atoms with Gasteiger partial charge in [-0.3, -0.25) is 0 Å². The van der Waals surface area contributed by atoms with Crippen LogP contribution in [0.1, 0.15) is 63.7 Å². The number of hydrogen-bond donors (Lipinski definition) is 0. The van der Waals surface area contributed by atoms with E-state index in [2.05, 4.69) is 0 Å². The van der Waals surface area contributed by atoms with E-state index >= 15 is 0 Å². The molecule has 0 amide bonds. The summed E-state index contributed by atoms with van der Waals surface area (Å²) >= 11 is 0. The van der Waals surface area contributed by atoms with Crippen molar-refractivity contribution in [2.24, 2.45) is 5.89 Å². The highest BCUT2D eigenvalue weighted by atomic mass is 16.7. The second-order valence-corrected chi connectivity index (χ2v) is 6.37. The summed E-state index contributed by atoms with van der Waals surface area (Å²) in [5.41, 5.74) is -1.33. The van der Waals surface area contributed by atoms with E-state index < -0.39 is 56.8 Å². The SMILES string of the molecule is [2H]C([2H])([2H])C1([2H])C([2H])([2H])C([2H])([2H])N(c2cccc(B3OC(C)(C)C(C)(C)O3)c2)C([2H])([2H])C1([2H])[2H]. The molecule has 3 rings (SSSR count). The van der Waals surface area contributed by atoms with Crippen LogP contribution in [0.15, 0.2) is 24.3 Å². The predicted molar refractivity (Wildman–Crippen MR) is 92.8 cm³/mol. The third-order valence-electron chi connectivity index (χ3n) is 4.24. The van der Waals surface area contributed by atoms with Crippen LogP contribution in [0.3, 0.4) is 0 Å². The minimum atomic E-state index is -3.76. The number of piperidine rings is 1. The van der Waals surface area contributed by atoms with Crippen molar-refractivity contribution in [3.05, 3.63) is 24.3 Å². The maximum atomic E-state index is 8.48. The molecule has 0 N–H and O–H groups in total. The molecule has 0 bridgehead atoms. The van der Waals surface area contributed by atoms with Gasteiger partial charge in [0.15, 0.2) is 0 Å². The molecule has 22 heavy (non-hydrogen) atoms. The Morgan fingerprint density at radius 1 is 1.23 bits per heavy atom. The van der Waals surface area contributed by atoms with E-state index in [-0.39, 0.29) is 10.6 Å². The Bertz CT molecular complexity index is 934. The molecule has 1 aromatic carbocycles. The summed E-state index contributed by atoms with van der Waals surface area (Å²) < 4.78 is 110. The predicted octanol–water partition coefficient (Wildman–Crippen LogP) is 3.22. The van der Waals surface area contributed by atoms with Gasteiger partial charge < -0.3 is 14.2 Å². The molecule has 0 atom stereocenters. The molecule has 2 aliphatic heterocycles. The summed E-state index contributed by atoms with van der Waals surface area (Å²) in [6.45, 7) is -3.26. The van der Waals surface area contributed by atoms with Gasteiger partial charge in [-0.2, -0.15) is 0 Å². The summed E-state index contributed by atoms with van der Waals surface area (Å²) in [7, 11) is -0.919. The molecule has 2 heterocycles. The van der Waals surface area contributed by atoms with Crippen LogP contribution in [0.25, 0.3) is 0 Å². The van der Waals surface area contributed by atoms with Crippen LogP contribution in [-0.4, -0.2) is 31.3 Å². The summed E-state index contributed by atoms with van der Waals surface area (Å²) in [5, 5.41) is 0. The highest BCUT2D eigenvalue weighted by molar-refractivity contribution is 6.62. The average Bonchev–Trinajstić information content (AvgIpc) is 2.86. The first kappa shape index (κ1) is 6.86. The maximum Gasteiger partial charge on any atom is 0.494 e. The van der Waals surface area contributed by atoms with Crippen molar-refractivity contribution in [3.8, 4) is 0 Å². The van der Waals surface area contributed by atoms with E-state index in [4.69, 9.17) is 25.8 Å². The fourth-order valence-corrected chi connectivity index (χ4v) is 2.20. The maximum absolute atomic E-state index is 8.48. The summed E-state index contributed by atoms with van der Waals surface area (Å²) in [4.78, 5) is 0.243. The molecule has 2 fully saturated rings. The van der Waals surface area contributed by atoms with Crippen LogP contribution in [0.2, 0.25) is 0 Å². The lowest BCUT2D eigenvalue weighted by molar-refractivity contribution is 0.00578. The molecular weight excluding hydrogens is 273 g/mol. The normalized spacial score (nSPS) is 44.0. The molecule has 0 aliphatic carbocycles. The Morgan fingerprint density at radius 2 is 1.86 bits per heavy atom. The van der Waals surface area contributed by atoms with Crippen molar-refractivity contribution in [1.29, 1.82) is 0 Å². The number of anilines is 1. The van der Waals surface area contributed by atoms with Gasteiger partial charge in [0, 0.05) is 35.1 Å². The zero-order chi connectivity index (χ0) is 26.6. The van der Waals surface area contributed by atoms with Gasteiger partial charge in [0.2, 0.25) is 0 Å². The standard InChI is InChI=1S/C18H28BNO2/c1-14-9-11-20(12-10-14)16-8-6-7-15(13-16)19-21-17(2,3)18(4,5)22-19/h6-8,13-14H,9-12H2,1-5H3/i1D3,9D2,10D2,11D2,12D2,14D. The van der Waals surface area contributed by atoms with Gasteiger partial charge in [0.05, 0.1) is 11.2 Å². The molecule has 0 spiro atoms. The largest absolute Gasteiger partial charge is 0.494 e. The first-order chi connectivity index (χ1) is 14.9. The van der Waals surface area contributed by atoms with E-state index in [1.807, 2.05) is 27.7 Å². The minimum Gasteiger partial charge on any atom is -0.399 e. The lowest BCUT2D eigenvalue weighted by Gasteiger charge is -2.32. The highest BCUT2D eigenvalue weighted by Crippen LogP contribution is 2.36. The number of benzene rings is 1. The highest BCUT2D eigenvalue weighted by Gasteiger charge is 2.51. The molecule has 2 saturated heterocycles. The topological polar surface area (TPSA) is 21.7 Å². The fraction of sp³-hybridized carbons (Fsp3) is 0.667. The average molecular weight is 313 g/mol. The van der Waals surface area contributed by atoms with Gasteiger partial charge >= 0.3 is 7.12 Å². The lowest BCUT2D eigenvalue weighted by Crippen LogP contribution is -2.41. The quantitative estimate of drug-likeness (QED) is 0.783. The van der Waals surface area contributed by atoms with Gasteiger partial charge in [-0.15, -0.1) is 0 Å². The van der Waals surface area contributed by atoms with Crippen LogP contribution in [0.4, 0.5) is 5.69 Å². The second kappa shape index (κ2) is 5.57. The van der Waals surface area contributed by atoms with Crippen LogP contribution in [0, 0.1) is 5.89 Å². The smallest absolute Gasteiger partial charge is 0.399 e. The third kappa shape index (κ3) is 2.91. The van der Waals surface area contributed by atoms with E-state index in [1.54, 1.807) is 6.07 Å². The Labute approximate surface area is 152 Å². The van der Waals surface area contributed by atoms with Gasteiger partial charge in [-0.05, 0) is 63.9 Å². The number of nitrogens with zero attached hydrogens (tertiary/aromatic N) is 1. The molecule has 120 valence electrons. The van der Waals surface area contributed by atoms with Crippen molar-refractivity contribution < 1.29 is 25.8 Å². The van der Waals surface area contributed by atoms with E-state index in [9.17, 15) is 0 Å². The minimum absolute atomic E-state index is 0.243. The van der Waals surface area contributed by atoms with Crippen molar-refractivity contribution in [2.45, 2.75) is 58.5 Å². The van der Waals surface area contributed by atoms with Gasteiger partial charge in [-0.25, -0.2) is 0 Å². The molecule has 3 nitrogen and oxygen atoms in total. The van der Waals surface area contributed by atoms with Crippen LogP contribution < -0.4 is 10.4 Å². The molecule has 1 aromatic rings. The molecular formula is C18H28BNO2. The Morgan fingerprint density at radius 3 is 2.45 bits per heavy atom. The first-order valence-electron chi connectivity index (χ1n) is 13.2. The lowest BCUT2D eigenvalue weighted by atomic mass is 9.79. The van der Waals surface area contributed by atoms with E-state index in [0.29, 0.717) is 5.46 Å². The van der Waals surface area contributed by atoms with Crippen molar-refractivity contribution in [3.63, 3.8) is 0 Å². The molecule has 0 unspecified atom stereocenters. The molecule has 2 aliphatic rings. The van der Waals surface area contributed by atoms with Crippen molar-refractivity contribution >= 4 is 18.3 Å². The Balaban J connectivity index is 2.19. The molecule has 0 aromatic heterocycles. The van der Waals surface area contributed by atoms with E-state index in [0.717, 1.165) is 0 Å². The second-order valence-electron chi connectivity index (χ2n) is 6.37. The number of rotatable bonds is 2. The van der Waals surface area contributed by atoms with Crippen LogP contribution >= 0.6 is 0 Å². The first-order valence-corrected chi connectivity index (χ1v) is 7.16. The monoisotopic (exact) mass is 313 g/mol. The van der Waals surface area contributed by atoms with E-state index in [1.165, 1.54) is 18.2 Å². The van der Waals surface area contributed by atoms with Crippen LogP contribution in [-0.2, 0) is 9.31 Å². The van der Waals surface area contributed by atoms with Crippen molar-refractivity contribution in [1.82, 2.24) is 0 Å². The molecule has 0 saturated carbocycles. The Hall–Kier alpha value is -0.995. The van der Waals surface area contributed by atoms with Crippen LogP contribution in [0.5, 0.6) is 0 Å². The van der Waals surface area contributed by atoms with Gasteiger partial charge in [0.1, 0.15) is 0 Å². The molecule has 0 radical (unpaired) electrons. The fourth-order valence-electron chi connectivity index (χ4n) is 2.20. The zero-order valence-corrected chi connectivity index (χ0v) is 13.2. The Kier molecular flexibility index (Phi) is 1.74. The summed E-state index contributed by atoms with van der Waals surface area (Å²) in [5.74, 6) is -3.76. The third-order valence-corrected chi connectivity index (χ3v) is 4.24. The molecule has 4 heteroatoms. The van der Waals surface area contributed by atoms with Gasteiger partial charge in [-0.1, -0.05) is 19.0 Å².